The molecule has 0 saturated carbocycles. The summed E-state index contributed by atoms with van der Waals surface area (Å²) in [7, 11) is 0. The molecule has 0 bridgehead atoms. The van der Waals surface area contributed by atoms with Crippen molar-refractivity contribution in [3.8, 4) is 0 Å². The second-order valence-electron chi connectivity index (χ2n) is 1.85. The molecule has 2 nitrogen and oxygen atoms in total. The maximum Gasteiger partial charge on any atom is 0.00767 e. The zero-order chi connectivity index (χ0) is 6.95. The van der Waals surface area contributed by atoms with Crippen molar-refractivity contribution >= 4 is 0 Å². The molecule has 1 rings (SSSR count). The predicted molar refractivity (Wildman–Crippen MR) is 43.8 cm³/mol. The highest BCUT2D eigenvalue weighted by molar-refractivity contribution is 4.57. The molecule has 0 spiro atoms. The minimum absolute atomic E-state index is 0. The SMILES string of the molecule is C1CNCCNC1.CC.[HH]. The van der Waals surface area contributed by atoms with Gasteiger partial charge in [0.15, 0.2) is 0 Å². The lowest BCUT2D eigenvalue weighted by Gasteiger charge is -1.92. The molecule has 1 aliphatic rings. The minimum atomic E-state index is 0. The summed E-state index contributed by atoms with van der Waals surface area (Å²) in [5, 5.41) is 6.57. The third kappa shape index (κ3) is 5.80. The van der Waals surface area contributed by atoms with E-state index in [2.05, 4.69) is 10.6 Å². The molecule has 1 heterocycles. The Morgan fingerprint density at radius 2 is 1.33 bits per heavy atom. The molecule has 0 aromatic heterocycles. The average molecular weight is 132 g/mol. The fourth-order valence-corrected chi connectivity index (χ4v) is 0.765. The Hall–Kier alpha value is -0.0800. The van der Waals surface area contributed by atoms with Crippen molar-refractivity contribution in [2.24, 2.45) is 0 Å². The van der Waals surface area contributed by atoms with E-state index >= 15 is 0 Å². The molecule has 9 heavy (non-hydrogen) atoms. The van der Waals surface area contributed by atoms with Crippen molar-refractivity contribution in [3.05, 3.63) is 0 Å². The predicted octanol–water partition coefficient (Wildman–Crippen LogP) is 0.841. The summed E-state index contributed by atoms with van der Waals surface area (Å²) in [5.41, 5.74) is 0. The topological polar surface area (TPSA) is 24.1 Å². The molecule has 0 radical (unpaired) electrons. The van der Waals surface area contributed by atoms with Crippen LogP contribution < -0.4 is 10.6 Å². The molecule has 1 saturated heterocycles. The van der Waals surface area contributed by atoms with Crippen LogP contribution in [-0.2, 0) is 0 Å². The van der Waals surface area contributed by atoms with Gasteiger partial charge in [-0.2, -0.15) is 0 Å². The second kappa shape index (κ2) is 7.92. The van der Waals surface area contributed by atoms with Crippen LogP contribution in [0.15, 0.2) is 0 Å². The van der Waals surface area contributed by atoms with Crippen LogP contribution in [0.25, 0.3) is 0 Å². The smallest absolute Gasteiger partial charge is 0.00767 e. The van der Waals surface area contributed by atoms with Crippen molar-refractivity contribution in [3.63, 3.8) is 0 Å². The largest absolute Gasteiger partial charge is 0.315 e. The third-order valence-corrected chi connectivity index (χ3v) is 1.19. The number of rotatable bonds is 0. The fourth-order valence-electron chi connectivity index (χ4n) is 0.765. The van der Waals surface area contributed by atoms with Crippen molar-refractivity contribution in [2.45, 2.75) is 20.3 Å². The third-order valence-electron chi connectivity index (χ3n) is 1.19. The van der Waals surface area contributed by atoms with Crippen LogP contribution in [0.5, 0.6) is 0 Å². The number of hydrogen-bond acceptors (Lipinski definition) is 2. The van der Waals surface area contributed by atoms with Gasteiger partial charge in [0.25, 0.3) is 0 Å². The molecule has 2 N–H and O–H groups in total. The average Bonchev–Trinajstić information content (AvgIpc) is 2.21. The summed E-state index contributed by atoms with van der Waals surface area (Å²) in [6, 6.07) is 0. The van der Waals surface area contributed by atoms with Gasteiger partial charge in [-0.25, -0.2) is 0 Å². The second-order valence-corrected chi connectivity index (χ2v) is 1.85. The first kappa shape index (κ1) is 8.92. The molecule has 1 fully saturated rings. The first-order valence-corrected chi connectivity index (χ1v) is 3.91. The molecule has 0 aromatic carbocycles. The van der Waals surface area contributed by atoms with Gasteiger partial charge in [0.1, 0.15) is 0 Å². The Morgan fingerprint density at radius 1 is 0.889 bits per heavy atom. The number of nitrogens with one attached hydrogen (secondary N) is 2. The van der Waals surface area contributed by atoms with Crippen LogP contribution in [-0.4, -0.2) is 26.2 Å². The Labute approximate surface area is 59.5 Å². The van der Waals surface area contributed by atoms with Gasteiger partial charge in [0.2, 0.25) is 0 Å². The Balaban J connectivity index is 0. The molecule has 0 aliphatic carbocycles. The van der Waals surface area contributed by atoms with E-state index in [9.17, 15) is 0 Å². The van der Waals surface area contributed by atoms with E-state index in [0.717, 1.165) is 13.1 Å². The van der Waals surface area contributed by atoms with Crippen LogP contribution in [0, 0.1) is 0 Å². The molecule has 0 aromatic rings. The Bertz CT molecular complexity index is 31.2. The van der Waals surface area contributed by atoms with E-state index in [4.69, 9.17) is 0 Å². The highest BCUT2D eigenvalue weighted by Gasteiger charge is 1.92. The molecule has 2 heteroatoms. The van der Waals surface area contributed by atoms with Gasteiger partial charge in [0, 0.05) is 14.5 Å². The zero-order valence-electron chi connectivity index (χ0n) is 6.54. The van der Waals surface area contributed by atoms with Gasteiger partial charge in [-0.1, -0.05) is 13.8 Å². The van der Waals surface area contributed by atoms with E-state index in [0.29, 0.717) is 0 Å². The molecular weight excluding hydrogens is 112 g/mol. The van der Waals surface area contributed by atoms with Gasteiger partial charge < -0.3 is 10.6 Å². The van der Waals surface area contributed by atoms with E-state index in [1.807, 2.05) is 13.8 Å². The first-order chi connectivity index (χ1) is 4.50. The van der Waals surface area contributed by atoms with Gasteiger partial charge in [-0.3, -0.25) is 0 Å². The van der Waals surface area contributed by atoms with Gasteiger partial charge in [0.05, 0.1) is 0 Å². The van der Waals surface area contributed by atoms with Crippen molar-refractivity contribution in [2.75, 3.05) is 26.2 Å². The van der Waals surface area contributed by atoms with E-state index in [1.165, 1.54) is 19.5 Å². The van der Waals surface area contributed by atoms with E-state index < -0.39 is 0 Å². The number of hydrogen-bond donors (Lipinski definition) is 2. The van der Waals surface area contributed by atoms with Gasteiger partial charge in [-0.15, -0.1) is 0 Å². The monoisotopic (exact) mass is 132 g/mol. The fraction of sp³-hybridized carbons (Fsp3) is 1.00. The van der Waals surface area contributed by atoms with Crippen molar-refractivity contribution in [1.29, 1.82) is 0 Å². The minimum Gasteiger partial charge on any atom is -0.315 e. The highest BCUT2D eigenvalue weighted by atomic mass is 15.0. The van der Waals surface area contributed by atoms with Crippen LogP contribution in [0.1, 0.15) is 21.7 Å². The quantitative estimate of drug-likeness (QED) is 0.510. The van der Waals surface area contributed by atoms with Crippen molar-refractivity contribution < 1.29 is 1.43 Å². The van der Waals surface area contributed by atoms with E-state index in [-0.39, 0.29) is 1.43 Å². The van der Waals surface area contributed by atoms with Crippen LogP contribution in [0.4, 0.5) is 0 Å². The Kier molecular flexibility index (Phi) is 7.85. The summed E-state index contributed by atoms with van der Waals surface area (Å²) in [6.07, 6.45) is 1.28. The molecule has 0 atom stereocenters. The normalized spacial score (nSPS) is 19.3. The van der Waals surface area contributed by atoms with Gasteiger partial charge in [-0.05, 0) is 19.5 Å². The lowest BCUT2D eigenvalue weighted by atomic mass is 10.4. The summed E-state index contributed by atoms with van der Waals surface area (Å²) in [5.74, 6) is 0. The van der Waals surface area contributed by atoms with Crippen LogP contribution in [0.2, 0.25) is 0 Å². The molecular formula is C7H20N2. The summed E-state index contributed by atoms with van der Waals surface area (Å²) >= 11 is 0. The summed E-state index contributed by atoms with van der Waals surface area (Å²) < 4.78 is 0. The van der Waals surface area contributed by atoms with E-state index in [1.54, 1.807) is 0 Å². The molecule has 0 amide bonds. The van der Waals surface area contributed by atoms with Crippen LogP contribution in [0.3, 0.4) is 0 Å². The van der Waals surface area contributed by atoms with Crippen molar-refractivity contribution in [1.82, 2.24) is 10.6 Å². The lowest BCUT2D eigenvalue weighted by Crippen LogP contribution is -2.21. The summed E-state index contributed by atoms with van der Waals surface area (Å²) in [6.45, 7) is 8.65. The van der Waals surface area contributed by atoms with Gasteiger partial charge >= 0.3 is 0 Å². The highest BCUT2D eigenvalue weighted by Crippen LogP contribution is 1.75. The molecule has 0 unspecified atom stereocenters. The van der Waals surface area contributed by atoms with Crippen LogP contribution >= 0.6 is 0 Å². The molecule has 1 aliphatic heterocycles. The lowest BCUT2D eigenvalue weighted by molar-refractivity contribution is 0.718. The maximum absolute atomic E-state index is 3.28. The summed E-state index contributed by atoms with van der Waals surface area (Å²) in [4.78, 5) is 0. The maximum atomic E-state index is 3.28. The molecule has 58 valence electrons. The zero-order valence-corrected chi connectivity index (χ0v) is 6.54. The first-order valence-electron chi connectivity index (χ1n) is 3.91. The standard InChI is InChI=1S/C5H12N2.C2H6.H2/c1-2-6-4-5-7-3-1;1-2;/h6-7H,1-5H2;1-2H3;1H. The Morgan fingerprint density at radius 3 is 1.78 bits per heavy atom.